The molecule has 0 spiro atoms. The summed E-state index contributed by atoms with van der Waals surface area (Å²) in [6.07, 6.45) is 0. The van der Waals surface area contributed by atoms with Gasteiger partial charge in [0.15, 0.2) is 6.61 Å². The van der Waals surface area contributed by atoms with Crippen LogP contribution in [0.5, 0.6) is 5.75 Å². The van der Waals surface area contributed by atoms with E-state index in [1.165, 1.54) is 0 Å². The summed E-state index contributed by atoms with van der Waals surface area (Å²) in [6.45, 7) is 4.25. The molecule has 0 bridgehead atoms. The van der Waals surface area contributed by atoms with E-state index in [0.29, 0.717) is 24.5 Å². The van der Waals surface area contributed by atoms with Crippen LogP contribution in [-0.2, 0) is 14.3 Å². The highest BCUT2D eigenvalue weighted by molar-refractivity contribution is 5.91. The van der Waals surface area contributed by atoms with E-state index in [2.05, 4.69) is 0 Å². The predicted octanol–water partition coefficient (Wildman–Crippen LogP) is 1.99. The lowest BCUT2D eigenvalue weighted by atomic mass is 10.2. The first kappa shape index (κ1) is 14.0. The van der Waals surface area contributed by atoms with Crippen molar-refractivity contribution in [3.05, 3.63) is 29.8 Å². The van der Waals surface area contributed by atoms with Crippen LogP contribution in [0.1, 0.15) is 19.4 Å². The van der Waals surface area contributed by atoms with Crippen molar-refractivity contribution in [3.63, 3.8) is 0 Å². The van der Waals surface area contributed by atoms with Crippen LogP contribution < -0.4 is 4.74 Å². The van der Waals surface area contributed by atoms with Crippen molar-refractivity contribution in [2.24, 2.45) is 0 Å². The summed E-state index contributed by atoms with van der Waals surface area (Å²) in [4.78, 5) is 11.1. The number of ether oxygens (including phenoxy) is 3. The van der Waals surface area contributed by atoms with E-state index in [4.69, 9.17) is 19.6 Å². The van der Waals surface area contributed by atoms with Gasteiger partial charge in [-0.15, -0.1) is 0 Å². The lowest BCUT2D eigenvalue weighted by molar-refractivity contribution is -0.145. The topological polar surface area (TPSA) is 68.6 Å². The molecule has 1 N–H and O–H groups in total. The summed E-state index contributed by atoms with van der Waals surface area (Å²) < 4.78 is 15.0. The van der Waals surface area contributed by atoms with Crippen molar-refractivity contribution < 1.29 is 19.0 Å². The second-order valence-corrected chi connectivity index (χ2v) is 3.38. The largest absolute Gasteiger partial charge is 0.482 e. The quantitative estimate of drug-likeness (QED) is 0.477. The van der Waals surface area contributed by atoms with Gasteiger partial charge in [0.25, 0.3) is 0 Å². The highest BCUT2D eigenvalue weighted by Crippen LogP contribution is 2.12. The third-order valence-electron chi connectivity index (χ3n) is 2.07. The van der Waals surface area contributed by atoms with Crippen LogP contribution in [0.25, 0.3) is 0 Å². The van der Waals surface area contributed by atoms with Gasteiger partial charge in [0.2, 0.25) is 5.90 Å². The lowest BCUT2D eigenvalue weighted by Crippen LogP contribution is -2.14. The minimum Gasteiger partial charge on any atom is -0.482 e. The zero-order valence-corrected chi connectivity index (χ0v) is 10.6. The molecule has 0 saturated heterocycles. The van der Waals surface area contributed by atoms with Gasteiger partial charge in [-0.3, -0.25) is 5.41 Å². The maximum absolute atomic E-state index is 11.1. The monoisotopic (exact) mass is 251 g/mol. The number of hydrogen-bond acceptors (Lipinski definition) is 5. The van der Waals surface area contributed by atoms with Crippen LogP contribution in [0, 0.1) is 5.41 Å². The van der Waals surface area contributed by atoms with E-state index in [1.54, 1.807) is 31.2 Å². The molecule has 0 fully saturated rings. The molecular weight excluding hydrogens is 234 g/mol. The van der Waals surface area contributed by atoms with E-state index < -0.39 is 5.97 Å². The molecule has 1 rings (SSSR count). The molecule has 0 unspecified atom stereocenters. The van der Waals surface area contributed by atoms with E-state index in [1.807, 2.05) is 6.92 Å². The zero-order chi connectivity index (χ0) is 13.4. The molecule has 0 radical (unpaired) electrons. The average Bonchev–Trinajstić information content (AvgIpc) is 2.37. The standard InChI is InChI=1S/C13H17NO4/c1-3-16-12(15)9-18-11-7-5-10(6-8-11)13(14)17-4-2/h5-8,14H,3-4,9H2,1-2H3. The Morgan fingerprint density at radius 2 is 1.72 bits per heavy atom. The Kier molecular flexibility index (Phi) is 5.70. The van der Waals surface area contributed by atoms with Crippen LogP contribution in [0.2, 0.25) is 0 Å². The number of carbonyl (C=O) groups excluding carboxylic acids is 1. The van der Waals surface area contributed by atoms with Crippen molar-refractivity contribution in [1.82, 2.24) is 0 Å². The molecule has 0 aliphatic heterocycles. The molecule has 5 nitrogen and oxygen atoms in total. The zero-order valence-electron chi connectivity index (χ0n) is 10.6. The molecule has 0 atom stereocenters. The summed E-state index contributed by atoms with van der Waals surface area (Å²) in [5.74, 6) is 0.272. The van der Waals surface area contributed by atoms with Crippen LogP contribution in [0.15, 0.2) is 24.3 Å². The molecule has 0 saturated carbocycles. The van der Waals surface area contributed by atoms with Crippen molar-refractivity contribution in [2.45, 2.75) is 13.8 Å². The first-order chi connectivity index (χ1) is 8.67. The first-order valence-corrected chi connectivity index (χ1v) is 5.77. The Morgan fingerprint density at radius 3 is 2.28 bits per heavy atom. The molecule has 0 aliphatic carbocycles. The first-order valence-electron chi connectivity index (χ1n) is 5.77. The van der Waals surface area contributed by atoms with Crippen molar-refractivity contribution in [3.8, 4) is 5.75 Å². The van der Waals surface area contributed by atoms with Crippen LogP contribution >= 0.6 is 0 Å². The average molecular weight is 251 g/mol. The number of carbonyl (C=O) groups is 1. The van der Waals surface area contributed by atoms with Gasteiger partial charge in [-0.2, -0.15) is 0 Å². The van der Waals surface area contributed by atoms with Gasteiger partial charge in [0, 0.05) is 5.56 Å². The third kappa shape index (κ3) is 4.45. The summed E-state index contributed by atoms with van der Waals surface area (Å²) in [5.41, 5.74) is 0.667. The Morgan fingerprint density at radius 1 is 1.11 bits per heavy atom. The maximum Gasteiger partial charge on any atom is 0.344 e. The van der Waals surface area contributed by atoms with Gasteiger partial charge in [0.05, 0.1) is 13.2 Å². The molecule has 0 amide bonds. The molecule has 0 aromatic heterocycles. The van der Waals surface area contributed by atoms with Crippen LogP contribution in [0.4, 0.5) is 0 Å². The highest BCUT2D eigenvalue weighted by atomic mass is 16.6. The molecule has 0 heterocycles. The van der Waals surface area contributed by atoms with Crippen LogP contribution in [-0.4, -0.2) is 31.7 Å². The van der Waals surface area contributed by atoms with E-state index >= 15 is 0 Å². The van der Waals surface area contributed by atoms with Gasteiger partial charge in [-0.25, -0.2) is 4.79 Å². The van der Waals surface area contributed by atoms with Gasteiger partial charge < -0.3 is 14.2 Å². The Labute approximate surface area is 106 Å². The normalized spacial score (nSPS) is 9.67. The van der Waals surface area contributed by atoms with E-state index in [0.717, 1.165) is 0 Å². The van der Waals surface area contributed by atoms with Crippen LogP contribution in [0.3, 0.4) is 0 Å². The molecule has 18 heavy (non-hydrogen) atoms. The van der Waals surface area contributed by atoms with E-state index in [-0.39, 0.29) is 12.5 Å². The van der Waals surface area contributed by atoms with Gasteiger partial charge >= 0.3 is 5.97 Å². The number of rotatable bonds is 6. The van der Waals surface area contributed by atoms with Gasteiger partial charge in [-0.05, 0) is 38.1 Å². The molecular formula is C13H17NO4. The van der Waals surface area contributed by atoms with E-state index in [9.17, 15) is 4.79 Å². The molecule has 0 aliphatic rings. The summed E-state index contributed by atoms with van der Waals surface area (Å²) in [7, 11) is 0. The Balaban J connectivity index is 2.50. The highest BCUT2D eigenvalue weighted by Gasteiger charge is 2.05. The fraction of sp³-hybridized carbons (Fsp3) is 0.385. The summed E-state index contributed by atoms with van der Waals surface area (Å²) >= 11 is 0. The third-order valence-corrected chi connectivity index (χ3v) is 2.07. The number of benzene rings is 1. The maximum atomic E-state index is 11.1. The fourth-order valence-electron chi connectivity index (χ4n) is 1.28. The number of hydrogen-bond donors (Lipinski definition) is 1. The van der Waals surface area contributed by atoms with Crippen molar-refractivity contribution in [2.75, 3.05) is 19.8 Å². The second-order valence-electron chi connectivity index (χ2n) is 3.38. The Hall–Kier alpha value is -2.04. The molecule has 5 heteroatoms. The van der Waals surface area contributed by atoms with Crippen molar-refractivity contribution in [1.29, 1.82) is 5.41 Å². The SMILES string of the molecule is CCOC(=N)c1ccc(OCC(=O)OCC)cc1. The van der Waals surface area contributed by atoms with Crippen molar-refractivity contribution >= 4 is 11.9 Å². The summed E-state index contributed by atoms with van der Waals surface area (Å²) in [5, 5.41) is 7.59. The molecule has 98 valence electrons. The minimum atomic E-state index is -0.399. The minimum absolute atomic E-state index is 0.115. The smallest absolute Gasteiger partial charge is 0.344 e. The molecule has 1 aromatic carbocycles. The van der Waals surface area contributed by atoms with Gasteiger partial charge in [-0.1, -0.05) is 0 Å². The predicted molar refractivity (Wildman–Crippen MR) is 67.0 cm³/mol. The number of esters is 1. The molecule has 1 aromatic rings. The number of nitrogens with one attached hydrogen (secondary N) is 1. The second kappa shape index (κ2) is 7.32. The lowest BCUT2D eigenvalue weighted by Gasteiger charge is -2.07. The fourth-order valence-corrected chi connectivity index (χ4v) is 1.28. The van der Waals surface area contributed by atoms with Gasteiger partial charge in [0.1, 0.15) is 5.75 Å². The summed E-state index contributed by atoms with van der Waals surface area (Å²) in [6, 6.07) is 6.78. The Bertz CT molecular complexity index is 400.